The molecule has 0 aromatic heterocycles. The zero-order valence-corrected chi connectivity index (χ0v) is 13.2. The topological polar surface area (TPSA) is 30.5 Å². The van der Waals surface area contributed by atoms with Gasteiger partial charge < -0.3 is 14.8 Å². The first-order valence-electron chi connectivity index (χ1n) is 7.88. The van der Waals surface area contributed by atoms with E-state index in [0.29, 0.717) is 19.1 Å². The molecular formula is C18H27NO2. The first-order valence-corrected chi connectivity index (χ1v) is 7.88. The molecule has 21 heavy (non-hydrogen) atoms. The molecule has 0 spiro atoms. The number of benzene rings is 1. The Kier molecular flexibility index (Phi) is 6.77. The summed E-state index contributed by atoms with van der Waals surface area (Å²) in [6.45, 7) is 5.28. The Morgan fingerprint density at radius 3 is 2.86 bits per heavy atom. The number of nitrogens with one attached hydrogen (secondary N) is 1. The Morgan fingerprint density at radius 1 is 1.19 bits per heavy atom. The largest absolute Gasteiger partial charge is 0.491 e. The lowest BCUT2D eigenvalue weighted by Gasteiger charge is -2.24. The summed E-state index contributed by atoms with van der Waals surface area (Å²) in [6, 6.07) is 8.19. The Labute approximate surface area is 128 Å². The van der Waals surface area contributed by atoms with Crippen molar-refractivity contribution < 1.29 is 9.47 Å². The second-order valence-corrected chi connectivity index (χ2v) is 5.78. The minimum atomic E-state index is 0.611. The van der Waals surface area contributed by atoms with Gasteiger partial charge in [-0.2, -0.15) is 0 Å². The van der Waals surface area contributed by atoms with E-state index in [9.17, 15) is 0 Å². The summed E-state index contributed by atoms with van der Waals surface area (Å²) in [6.07, 6.45) is 6.89. The van der Waals surface area contributed by atoms with Crippen LogP contribution in [-0.4, -0.2) is 26.9 Å². The van der Waals surface area contributed by atoms with Crippen molar-refractivity contribution in [3.8, 4) is 5.75 Å². The lowest BCUT2D eigenvalue weighted by molar-refractivity contribution is 0.0586. The standard InChI is InChI=1S/C18H27NO2/c1-15-6-3-4-8-17(15)14-20-10-11-21-18-9-5-7-16(12-18)13-19-2/h3-5,7,9,12,15,17,19H,6,8,10-11,13-14H2,1-2H3. The van der Waals surface area contributed by atoms with Crippen molar-refractivity contribution in [1.82, 2.24) is 5.32 Å². The molecule has 1 aliphatic rings. The summed E-state index contributed by atoms with van der Waals surface area (Å²) in [5.74, 6) is 2.31. The molecule has 0 amide bonds. The molecule has 3 heteroatoms. The Balaban J connectivity index is 1.63. The highest BCUT2D eigenvalue weighted by atomic mass is 16.5. The fourth-order valence-electron chi connectivity index (χ4n) is 2.64. The SMILES string of the molecule is CNCc1cccc(OCCOCC2CC=CCC2C)c1. The van der Waals surface area contributed by atoms with Gasteiger partial charge in [0, 0.05) is 6.54 Å². The molecule has 116 valence electrons. The number of allylic oxidation sites excluding steroid dienone is 2. The Morgan fingerprint density at radius 2 is 2.05 bits per heavy atom. The van der Waals surface area contributed by atoms with Crippen LogP contribution in [0.25, 0.3) is 0 Å². The van der Waals surface area contributed by atoms with Crippen molar-refractivity contribution in [3.63, 3.8) is 0 Å². The van der Waals surface area contributed by atoms with Crippen LogP contribution in [0.1, 0.15) is 25.3 Å². The van der Waals surface area contributed by atoms with Crippen LogP contribution in [-0.2, 0) is 11.3 Å². The maximum atomic E-state index is 5.77. The number of ether oxygens (including phenoxy) is 2. The van der Waals surface area contributed by atoms with Crippen molar-refractivity contribution in [2.75, 3.05) is 26.9 Å². The van der Waals surface area contributed by atoms with Gasteiger partial charge in [-0.15, -0.1) is 0 Å². The second-order valence-electron chi connectivity index (χ2n) is 5.78. The van der Waals surface area contributed by atoms with Crippen LogP contribution in [0.3, 0.4) is 0 Å². The predicted molar refractivity (Wildman–Crippen MR) is 86.5 cm³/mol. The van der Waals surface area contributed by atoms with Crippen LogP contribution in [0.2, 0.25) is 0 Å². The molecule has 1 aromatic carbocycles. The van der Waals surface area contributed by atoms with Gasteiger partial charge in [-0.05, 0) is 49.4 Å². The molecule has 0 fully saturated rings. The highest BCUT2D eigenvalue weighted by Gasteiger charge is 2.17. The molecule has 1 N–H and O–H groups in total. The van der Waals surface area contributed by atoms with Crippen molar-refractivity contribution in [3.05, 3.63) is 42.0 Å². The number of hydrogen-bond acceptors (Lipinski definition) is 3. The zero-order valence-electron chi connectivity index (χ0n) is 13.2. The molecule has 2 unspecified atom stereocenters. The van der Waals surface area contributed by atoms with Crippen LogP contribution in [0.4, 0.5) is 0 Å². The van der Waals surface area contributed by atoms with Gasteiger partial charge >= 0.3 is 0 Å². The van der Waals surface area contributed by atoms with Crippen LogP contribution < -0.4 is 10.1 Å². The molecule has 0 saturated heterocycles. The van der Waals surface area contributed by atoms with E-state index in [-0.39, 0.29) is 0 Å². The summed E-state index contributed by atoms with van der Waals surface area (Å²) in [7, 11) is 1.95. The van der Waals surface area contributed by atoms with E-state index in [1.54, 1.807) is 0 Å². The van der Waals surface area contributed by atoms with E-state index in [2.05, 4.69) is 36.5 Å². The smallest absolute Gasteiger partial charge is 0.119 e. The molecule has 3 nitrogen and oxygen atoms in total. The van der Waals surface area contributed by atoms with Crippen molar-refractivity contribution in [1.29, 1.82) is 0 Å². The summed E-state index contributed by atoms with van der Waals surface area (Å²) in [4.78, 5) is 0. The van der Waals surface area contributed by atoms with Gasteiger partial charge in [-0.1, -0.05) is 31.2 Å². The summed E-state index contributed by atoms with van der Waals surface area (Å²) < 4.78 is 11.5. The average Bonchev–Trinajstić information content (AvgIpc) is 2.49. The van der Waals surface area contributed by atoms with Gasteiger partial charge in [-0.3, -0.25) is 0 Å². The number of hydrogen-bond donors (Lipinski definition) is 1. The first kappa shape index (κ1) is 16.1. The molecule has 0 aliphatic heterocycles. The molecule has 1 aromatic rings. The van der Waals surface area contributed by atoms with E-state index in [1.807, 2.05) is 19.2 Å². The van der Waals surface area contributed by atoms with Gasteiger partial charge in [0.2, 0.25) is 0 Å². The molecule has 0 bridgehead atoms. The quantitative estimate of drug-likeness (QED) is 0.588. The van der Waals surface area contributed by atoms with E-state index in [0.717, 1.165) is 31.2 Å². The molecule has 2 rings (SSSR count). The monoisotopic (exact) mass is 289 g/mol. The first-order chi connectivity index (χ1) is 10.3. The minimum Gasteiger partial charge on any atom is -0.491 e. The van der Waals surface area contributed by atoms with E-state index < -0.39 is 0 Å². The van der Waals surface area contributed by atoms with Crippen molar-refractivity contribution >= 4 is 0 Å². The van der Waals surface area contributed by atoms with Gasteiger partial charge in [0.15, 0.2) is 0 Å². The highest BCUT2D eigenvalue weighted by molar-refractivity contribution is 5.28. The van der Waals surface area contributed by atoms with Gasteiger partial charge in [-0.25, -0.2) is 0 Å². The van der Waals surface area contributed by atoms with Gasteiger partial charge in [0.05, 0.1) is 13.2 Å². The minimum absolute atomic E-state index is 0.611. The van der Waals surface area contributed by atoms with E-state index in [1.165, 1.54) is 12.0 Å². The van der Waals surface area contributed by atoms with Crippen molar-refractivity contribution in [2.45, 2.75) is 26.3 Å². The van der Waals surface area contributed by atoms with Gasteiger partial charge in [0.25, 0.3) is 0 Å². The lowest BCUT2D eigenvalue weighted by Crippen LogP contribution is -2.21. The molecule has 0 radical (unpaired) electrons. The second kappa shape index (κ2) is 8.85. The predicted octanol–water partition coefficient (Wildman–Crippen LogP) is 3.40. The third kappa shape index (κ3) is 5.52. The fraction of sp³-hybridized carbons (Fsp3) is 0.556. The average molecular weight is 289 g/mol. The lowest BCUT2D eigenvalue weighted by atomic mass is 9.85. The fourth-order valence-corrected chi connectivity index (χ4v) is 2.64. The van der Waals surface area contributed by atoms with Crippen LogP contribution in [0.5, 0.6) is 5.75 Å². The van der Waals surface area contributed by atoms with E-state index >= 15 is 0 Å². The number of rotatable bonds is 8. The normalized spacial score (nSPS) is 21.4. The van der Waals surface area contributed by atoms with Crippen molar-refractivity contribution in [2.24, 2.45) is 11.8 Å². The maximum absolute atomic E-state index is 5.77. The van der Waals surface area contributed by atoms with E-state index in [4.69, 9.17) is 9.47 Å². The maximum Gasteiger partial charge on any atom is 0.119 e. The summed E-state index contributed by atoms with van der Waals surface area (Å²) in [5, 5.41) is 3.14. The Bertz CT molecular complexity index is 445. The molecule has 2 atom stereocenters. The highest BCUT2D eigenvalue weighted by Crippen LogP contribution is 2.24. The summed E-state index contributed by atoms with van der Waals surface area (Å²) >= 11 is 0. The molecule has 0 saturated carbocycles. The summed E-state index contributed by atoms with van der Waals surface area (Å²) in [5.41, 5.74) is 1.23. The van der Waals surface area contributed by atoms with Gasteiger partial charge in [0.1, 0.15) is 12.4 Å². The van der Waals surface area contributed by atoms with Crippen LogP contribution in [0, 0.1) is 11.8 Å². The molecular weight excluding hydrogens is 262 g/mol. The molecule has 1 aliphatic carbocycles. The van der Waals surface area contributed by atoms with Crippen LogP contribution in [0.15, 0.2) is 36.4 Å². The zero-order chi connectivity index (χ0) is 14.9. The molecule has 0 heterocycles. The van der Waals surface area contributed by atoms with Crippen LogP contribution >= 0.6 is 0 Å². The Hall–Kier alpha value is -1.32. The third-order valence-electron chi connectivity index (χ3n) is 4.03. The third-order valence-corrected chi connectivity index (χ3v) is 4.03.